The zero-order valence-corrected chi connectivity index (χ0v) is 15.5. The summed E-state index contributed by atoms with van der Waals surface area (Å²) in [7, 11) is 0. The van der Waals surface area contributed by atoms with Gasteiger partial charge in [0.1, 0.15) is 12.4 Å². The Bertz CT molecular complexity index is 1050. The van der Waals surface area contributed by atoms with Crippen LogP contribution in [0.1, 0.15) is 35.7 Å². The molecule has 0 aliphatic heterocycles. The molecule has 3 aromatic rings. The number of hydrogen-bond acceptors (Lipinski definition) is 3. The van der Waals surface area contributed by atoms with Crippen LogP contribution in [0.15, 0.2) is 53.3 Å². The van der Waals surface area contributed by atoms with Crippen LogP contribution < -0.4 is 11.0 Å². The fraction of sp³-hybridized carbons (Fsp3) is 0.286. The molecule has 0 radical (unpaired) electrons. The number of anilines is 1. The van der Waals surface area contributed by atoms with Gasteiger partial charge >= 0.3 is 5.69 Å². The Labute approximate surface area is 157 Å². The minimum Gasteiger partial charge on any atom is -0.324 e. The highest BCUT2D eigenvalue weighted by molar-refractivity contribution is 5.91. The summed E-state index contributed by atoms with van der Waals surface area (Å²) in [6.45, 7) is 3.86. The van der Waals surface area contributed by atoms with Gasteiger partial charge in [0.15, 0.2) is 0 Å². The zero-order chi connectivity index (χ0) is 19.0. The molecule has 1 saturated carbocycles. The molecule has 0 bridgehead atoms. The van der Waals surface area contributed by atoms with Crippen LogP contribution in [-0.2, 0) is 11.3 Å². The van der Waals surface area contributed by atoms with Gasteiger partial charge in [-0.15, -0.1) is 0 Å². The molecule has 1 aliphatic carbocycles. The number of nitrogens with zero attached hydrogens (tertiary/aromatic N) is 3. The third kappa shape index (κ3) is 3.43. The van der Waals surface area contributed by atoms with Gasteiger partial charge in [-0.1, -0.05) is 30.3 Å². The van der Waals surface area contributed by atoms with Crippen molar-refractivity contribution >= 4 is 11.6 Å². The van der Waals surface area contributed by atoms with Gasteiger partial charge in [0, 0.05) is 11.6 Å². The first-order chi connectivity index (χ1) is 13.0. The van der Waals surface area contributed by atoms with E-state index in [2.05, 4.69) is 10.4 Å². The molecule has 27 heavy (non-hydrogen) atoms. The highest BCUT2D eigenvalue weighted by Gasteiger charge is 2.31. The minimum absolute atomic E-state index is 0.105. The predicted molar refractivity (Wildman–Crippen MR) is 104 cm³/mol. The van der Waals surface area contributed by atoms with E-state index >= 15 is 0 Å². The van der Waals surface area contributed by atoms with Gasteiger partial charge in [0.25, 0.3) is 0 Å². The van der Waals surface area contributed by atoms with Crippen LogP contribution in [0.3, 0.4) is 0 Å². The van der Waals surface area contributed by atoms with Crippen LogP contribution in [-0.4, -0.2) is 20.3 Å². The van der Waals surface area contributed by atoms with Crippen LogP contribution in [0.2, 0.25) is 0 Å². The third-order valence-corrected chi connectivity index (χ3v) is 4.99. The van der Waals surface area contributed by atoms with Gasteiger partial charge in [0.05, 0.1) is 5.69 Å². The number of amides is 1. The Morgan fingerprint density at radius 2 is 1.85 bits per heavy atom. The molecule has 0 unspecified atom stereocenters. The molecule has 4 rings (SSSR count). The minimum atomic E-state index is -0.279. The Morgan fingerprint density at radius 3 is 2.56 bits per heavy atom. The first-order valence-corrected chi connectivity index (χ1v) is 9.16. The number of benzene rings is 2. The summed E-state index contributed by atoms with van der Waals surface area (Å²) in [5, 5.41) is 7.37. The van der Waals surface area contributed by atoms with E-state index in [0.29, 0.717) is 5.92 Å². The molecule has 138 valence electrons. The van der Waals surface area contributed by atoms with Gasteiger partial charge in [0.2, 0.25) is 5.91 Å². The lowest BCUT2D eigenvalue weighted by Crippen LogP contribution is -2.29. The fourth-order valence-corrected chi connectivity index (χ4v) is 3.17. The number of hydrogen-bond donors (Lipinski definition) is 1. The summed E-state index contributed by atoms with van der Waals surface area (Å²) in [5.74, 6) is 0.776. The molecule has 1 fully saturated rings. The monoisotopic (exact) mass is 362 g/mol. The highest BCUT2D eigenvalue weighted by Crippen LogP contribution is 2.39. The standard InChI is InChI=1S/C21H22N4O2/c1-14-7-6-10-18(15(14)2)22-19(26)13-24-21(27)25(17-8-4-3-5-9-17)20(23-24)16-11-12-16/h3-10,16H,11-13H2,1-2H3,(H,22,26). The van der Waals surface area contributed by atoms with Gasteiger partial charge in [-0.25, -0.2) is 14.0 Å². The molecule has 1 aliphatic rings. The van der Waals surface area contributed by atoms with Crippen LogP contribution in [0, 0.1) is 13.8 Å². The summed E-state index contributed by atoms with van der Waals surface area (Å²) >= 11 is 0. The molecule has 1 heterocycles. The van der Waals surface area contributed by atoms with E-state index in [1.807, 2.05) is 62.4 Å². The summed E-state index contributed by atoms with van der Waals surface area (Å²) in [5.41, 5.74) is 3.39. The van der Waals surface area contributed by atoms with Crippen molar-refractivity contribution in [1.29, 1.82) is 0 Å². The lowest BCUT2D eigenvalue weighted by atomic mass is 10.1. The zero-order valence-electron chi connectivity index (χ0n) is 15.5. The Balaban J connectivity index is 1.62. The van der Waals surface area contributed by atoms with E-state index in [1.54, 1.807) is 4.57 Å². The summed E-state index contributed by atoms with van der Waals surface area (Å²) in [4.78, 5) is 25.4. The average Bonchev–Trinajstić information content (AvgIpc) is 3.45. The van der Waals surface area contributed by atoms with E-state index < -0.39 is 0 Å². The quantitative estimate of drug-likeness (QED) is 0.758. The largest absolute Gasteiger partial charge is 0.351 e. The number of carbonyl (C=O) groups excluding carboxylic acids is 1. The van der Waals surface area contributed by atoms with Gasteiger partial charge in [-0.2, -0.15) is 5.10 Å². The first kappa shape index (κ1) is 17.3. The van der Waals surface area contributed by atoms with Crippen LogP contribution in [0.5, 0.6) is 0 Å². The topological polar surface area (TPSA) is 68.9 Å². The van der Waals surface area contributed by atoms with E-state index in [-0.39, 0.29) is 18.1 Å². The molecule has 0 atom stereocenters. The molecule has 1 N–H and O–H groups in total. The molecular weight excluding hydrogens is 340 g/mol. The molecule has 1 aromatic heterocycles. The Hall–Kier alpha value is -3.15. The van der Waals surface area contributed by atoms with E-state index in [9.17, 15) is 9.59 Å². The number of aromatic nitrogens is 3. The van der Waals surface area contributed by atoms with Crippen LogP contribution >= 0.6 is 0 Å². The summed E-state index contributed by atoms with van der Waals surface area (Å²) < 4.78 is 2.89. The van der Waals surface area contributed by atoms with Crippen molar-refractivity contribution in [3.05, 3.63) is 76.0 Å². The lowest BCUT2D eigenvalue weighted by Gasteiger charge is -2.10. The van der Waals surface area contributed by atoms with Crippen LogP contribution in [0.25, 0.3) is 5.69 Å². The second kappa shape index (κ2) is 6.87. The molecular formula is C21H22N4O2. The normalized spacial score (nSPS) is 13.6. The SMILES string of the molecule is Cc1cccc(NC(=O)Cn2nc(C3CC3)n(-c3ccccc3)c2=O)c1C. The number of carbonyl (C=O) groups is 1. The smallest absolute Gasteiger partial charge is 0.324 e. The first-order valence-electron chi connectivity index (χ1n) is 9.16. The molecule has 0 spiro atoms. The number of rotatable bonds is 5. The second-order valence-electron chi connectivity index (χ2n) is 7.04. The van der Waals surface area contributed by atoms with E-state index in [4.69, 9.17) is 0 Å². The summed E-state index contributed by atoms with van der Waals surface area (Å²) in [6.07, 6.45) is 2.05. The Kier molecular flexibility index (Phi) is 4.39. The van der Waals surface area contributed by atoms with Crippen molar-refractivity contribution in [3.8, 4) is 5.69 Å². The maximum Gasteiger partial charge on any atom is 0.351 e. The van der Waals surface area contributed by atoms with Crippen molar-refractivity contribution in [2.45, 2.75) is 39.2 Å². The third-order valence-electron chi connectivity index (χ3n) is 4.99. The van der Waals surface area contributed by atoms with Gasteiger partial charge in [-0.05, 0) is 56.0 Å². The number of para-hydroxylation sites is 1. The molecule has 6 heteroatoms. The second-order valence-corrected chi connectivity index (χ2v) is 7.04. The van der Waals surface area contributed by atoms with E-state index in [1.165, 1.54) is 4.68 Å². The molecule has 0 saturated heterocycles. The number of aryl methyl sites for hydroxylation is 1. The molecule has 1 amide bonds. The summed E-state index contributed by atoms with van der Waals surface area (Å²) in [6, 6.07) is 15.2. The number of nitrogens with one attached hydrogen (secondary N) is 1. The van der Waals surface area contributed by atoms with Crippen LogP contribution in [0.4, 0.5) is 5.69 Å². The highest BCUT2D eigenvalue weighted by atomic mass is 16.2. The van der Waals surface area contributed by atoms with E-state index in [0.717, 1.165) is 41.2 Å². The lowest BCUT2D eigenvalue weighted by molar-refractivity contribution is -0.117. The fourth-order valence-electron chi connectivity index (χ4n) is 3.17. The van der Waals surface area contributed by atoms with Crippen molar-refractivity contribution < 1.29 is 4.79 Å². The van der Waals surface area contributed by atoms with Crippen molar-refractivity contribution in [1.82, 2.24) is 14.3 Å². The predicted octanol–water partition coefficient (Wildman–Crippen LogP) is 3.17. The molecule has 2 aromatic carbocycles. The van der Waals surface area contributed by atoms with Crippen molar-refractivity contribution in [3.63, 3.8) is 0 Å². The Morgan fingerprint density at radius 1 is 1.11 bits per heavy atom. The molecule has 6 nitrogen and oxygen atoms in total. The van der Waals surface area contributed by atoms with Crippen molar-refractivity contribution in [2.24, 2.45) is 0 Å². The maximum atomic E-state index is 12.9. The van der Waals surface area contributed by atoms with Gasteiger partial charge in [-0.3, -0.25) is 4.79 Å². The van der Waals surface area contributed by atoms with Gasteiger partial charge < -0.3 is 5.32 Å². The average molecular weight is 362 g/mol. The maximum absolute atomic E-state index is 12.9. The van der Waals surface area contributed by atoms with Crippen molar-refractivity contribution in [2.75, 3.05) is 5.32 Å².